The molecule has 2 N–H and O–H groups in total. The smallest absolute Gasteiger partial charge is 0.307 e. The number of aryl methyl sites for hydroxylation is 1. The number of nitroso groups, excluding NO2 is 1. The maximum absolute atomic E-state index is 14.7. The highest BCUT2D eigenvalue weighted by molar-refractivity contribution is 5.82. The van der Waals surface area contributed by atoms with Gasteiger partial charge in [0.25, 0.3) is 4.98 Å². The molecule has 2 aliphatic rings. The van der Waals surface area contributed by atoms with Crippen LogP contribution in [0.25, 0.3) is 0 Å². The predicted octanol–water partition coefficient (Wildman–Crippen LogP) is 1.18. The molecule has 1 amide bonds. The number of aromatic hydroxyl groups is 1. The number of phenols is 1. The van der Waals surface area contributed by atoms with Gasteiger partial charge >= 0.3 is 5.91 Å². The van der Waals surface area contributed by atoms with E-state index < -0.39 is 23.1 Å². The SMILES string of the molecule is CC1(C)CCc2cc(O)c(N3CC(=O)N[N+]3=O)c(F)c2O1. The molecule has 0 bridgehead atoms. The van der Waals surface area contributed by atoms with Gasteiger partial charge in [0.05, 0.1) is 4.91 Å². The molecule has 0 aliphatic carbocycles. The first-order chi connectivity index (χ1) is 9.78. The molecule has 7 nitrogen and oxygen atoms in total. The molecule has 8 heteroatoms. The Bertz CT molecular complexity index is 659. The average Bonchev–Trinajstić information content (AvgIpc) is 2.69. The Morgan fingerprint density at radius 1 is 1.52 bits per heavy atom. The van der Waals surface area contributed by atoms with Crippen molar-refractivity contribution in [2.45, 2.75) is 32.3 Å². The van der Waals surface area contributed by atoms with Gasteiger partial charge in [-0.2, -0.15) is 0 Å². The van der Waals surface area contributed by atoms with Crippen LogP contribution in [-0.2, 0) is 11.2 Å². The average molecular weight is 296 g/mol. The summed E-state index contributed by atoms with van der Waals surface area (Å²) in [5.74, 6) is -1.79. The van der Waals surface area contributed by atoms with Gasteiger partial charge in [-0.15, -0.1) is 0 Å². The van der Waals surface area contributed by atoms with Gasteiger partial charge in [-0.05, 0) is 32.8 Å². The number of hydrazine groups is 2. The second kappa shape index (κ2) is 4.31. The van der Waals surface area contributed by atoms with Crippen LogP contribution in [0.1, 0.15) is 25.8 Å². The third-order valence-electron chi connectivity index (χ3n) is 3.62. The highest BCUT2D eigenvalue weighted by atomic mass is 19.1. The number of anilines is 1. The minimum absolute atomic E-state index is 0.0202. The third-order valence-corrected chi connectivity index (χ3v) is 3.62. The standard InChI is InChI=1S/C13H14FN3O4/c1-13(2)4-3-7-5-8(18)11(10(14)12(7)21-13)16-6-9(19)15-17(16)20/h5H,3-4,6H2,1-2H3,(H-,15,18,19,20)/p+1. The summed E-state index contributed by atoms with van der Waals surface area (Å²) in [6.07, 6.45) is 1.25. The van der Waals surface area contributed by atoms with Crippen molar-refractivity contribution in [2.24, 2.45) is 0 Å². The highest BCUT2D eigenvalue weighted by Gasteiger charge is 2.42. The molecule has 112 valence electrons. The molecule has 1 aromatic carbocycles. The van der Waals surface area contributed by atoms with Gasteiger partial charge in [0.1, 0.15) is 11.4 Å². The molecular weight excluding hydrogens is 281 g/mol. The number of nitrogens with zero attached hydrogens (tertiary/aromatic N) is 2. The van der Waals surface area contributed by atoms with Crippen molar-refractivity contribution in [3.8, 4) is 11.5 Å². The molecule has 1 aromatic rings. The van der Waals surface area contributed by atoms with Crippen LogP contribution < -0.4 is 15.2 Å². The van der Waals surface area contributed by atoms with Crippen molar-refractivity contribution in [1.29, 1.82) is 0 Å². The summed E-state index contributed by atoms with van der Waals surface area (Å²) in [6, 6.07) is 1.37. The first-order valence-electron chi connectivity index (χ1n) is 6.56. The van der Waals surface area contributed by atoms with Crippen molar-refractivity contribution in [1.82, 2.24) is 5.43 Å². The first kappa shape index (κ1) is 13.6. The fourth-order valence-electron chi connectivity index (χ4n) is 2.54. The number of hydrogen-bond donors (Lipinski definition) is 2. The maximum Gasteiger partial charge on any atom is 0.307 e. The molecule has 2 aliphatic heterocycles. The molecule has 3 rings (SSSR count). The number of fused-ring (bicyclic) bond motifs is 1. The van der Waals surface area contributed by atoms with Crippen LogP contribution in [0.3, 0.4) is 0 Å². The minimum atomic E-state index is -0.838. The van der Waals surface area contributed by atoms with E-state index in [4.69, 9.17) is 4.74 Å². The normalized spacial score (nSPS) is 20.0. The second-order valence-corrected chi connectivity index (χ2v) is 5.77. The van der Waals surface area contributed by atoms with Crippen molar-refractivity contribution in [2.75, 3.05) is 11.6 Å². The van der Waals surface area contributed by atoms with Crippen molar-refractivity contribution in [3.63, 3.8) is 0 Å². The van der Waals surface area contributed by atoms with Crippen LogP contribution in [0, 0.1) is 10.7 Å². The zero-order valence-electron chi connectivity index (χ0n) is 11.6. The summed E-state index contributed by atoms with van der Waals surface area (Å²) in [6.45, 7) is 3.31. The van der Waals surface area contributed by atoms with Crippen molar-refractivity contribution < 1.29 is 24.0 Å². The predicted molar refractivity (Wildman–Crippen MR) is 70.2 cm³/mol. The Morgan fingerprint density at radius 2 is 2.24 bits per heavy atom. The number of carbonyl (C=O) groups excluding carboxylic acids is 1. The van der Waals surface area contributed by atoms with Crippen molar-refractivity contribution in [3.05, 3.63) is 22.4 Å². The summed E-state index contributed by atoms with van der Waals surface area (Å²) < 4.78 is 20.3. The van der Waals surface area contributed by atoms with Gasteiger partial charge in [0.2, 0.25) is 0 Å². The summed E-state index contributed by atoms with van der Waals surface area (Å²) in [5.41, 5.74) is 1.62. The van der Waals surface area contributed by atoms with E-state index in [1.807, 2.05) is 19.3 Å². The molecule has 21 heavy (non-hydrogen) atoms. The Balaban J connectivity index is 2.11. The van der Waals surface area contributed by atoms with E-state index in [-0.39, 0.29) is 23.0 Å². The number of rotatable bonds is 1. The molecule has 0 saturated carbocycles. The number of amides is 1. The van der Waals surface area contributed by atoms with E-state index in [2.05, 4.69) is 0 Å². The summed E-state index contributed by atoms with van der Waals surface area (Å²) in [5, 5.41) is 10.8. The number of carbonyl (C=O) groups is 1. The van der Waals surface area contributed by atoms with Gasteiger partial charge in [0.15, 0.2) is 23.8 Å². The van der Waals surface area contributed by atoms with Crippen LogP contribution in [0.5, 0.6) is 11.5 Å². The number of hydrogen-bond acceptors (Lipinski definition) is 4. The van der Waals surface area contributed by atoms with E-state index in [0.717, 1.165) is 5.01 Å². The lowest BCUT2D eigenvalue weighted by Crippen LogP contribution is -2.35. The number of nitrogens with one attached hydrogen (secondary N) is 1. The third kappa shape index (κ3) is 2.16. The molecule has 0 radical (unpaired) electrons. The van der Waals surface area contributed by atoms with Crippen LogP contribution in [0.15, 0.2) is 6.07 Å². The lowest BCUT2D eigenvalue weighted by Gasteiger charge is -2.33. The maximum atomic E-state index is 14.7. The molecule has 2 heterocycles. The molecule has 1 fully saturated rings. The molecular formula is C13H15FN3O4+. The van der Waals surface area contributed by atoms with E-state index in [9.17, 15) is 19.2 Å². The van der Waals surface area contributed by atoms with Crippen LogP contribution in [-0.4, -0.2) is 28.1 Å². The largest absolute Gasteiger partial charge is 0.505 e. The number of ether oxygens (including phenoxy) is 1. The van der Waals surface area contributed by atoms with Gasteiger partial charge in [-0.3, -0.25) is 4.79 Å². The Hall–Kier alpha value is -2.38. The van der Waals surface area contributed by atoms with Gasteiger partial charge in [-0.25, -0.2) is 4.39 Å². The number of benzene rings is 1. The van der Waals surface area contributed by atoms with Crippen molar-refractivity contribution >= 4 is 11.6 Å². The number of phenolic OH excluding ortho intramolecular Hbond substituents is 1. The summed E-state index contributed by atoms with van der Waals surface area (Å²) in [4.78, 5) is 22.9. The molecule has 0 spiro atoms. The lowest BCUT2D eigenvalue weighted by molar-refractivity contribution is -0.591. The quantitative estimate of drug-likeness (QED) is 0.761. The van der Waals surface area contributed by atoms with E-state index in [1.165, 1.54) is 6.07 Å². The minimum Gasteiger partial charge on any atom is -0.505 e. The lowest BCUT2D eigenvalue weighted by atomic mass is 9.93. The van der Waals surface area contributed by atoms with Crippen LogP contribution in [0.2, 0.25) is 0 Å². The zero-order valence-corrected chi connectivity index (χ0v) is 11.6. The second-order valence-electron chi connectivity index (χ2n) is 5.77. The molecule has 0 atom stereocenters. The molecule has 1 saturated heterocycles. The van der Waals surface area contributed by atoms with Crippen LogP contribution in [0.4, 0.5) is 10.1 Å². The fraction of sp³-hybridized carbons (Fsp3) is 0.462. The first-order valence-corrected chi connectivity index (χ1v) is 6.56. The fourth-order valence-corrected chi connectivity index (χ4v) is 2.54. The molecule has 0 unspecified atom stereocenters. The summed E-state index contributed by atoms with van der Waals surface area (Å²) >= 11 is 0. The van der Waals surface area contributed by atoms with Gasteiger partial charge in [0, 0.05) is 5.56 Å². The summed E-state index contributed by atoms with van der Waals surface area (Å²) in [7, 11) is 0. The van der Waals surface area contributed by atoms with Gasteiger partial charge < -0.3 is 9.84 Å². The topological polar surface area (TPSA) is 81.9 Å². The zero-order chi connectivity index (χ0) is 15.4. The Labute approximate surface area is 119 Å². The Morgan fingerprint density at radius 3 is 2.86 bits per heavy atom. The van der Waals surface area contributed by atoms with Crippen LogP contribution >= 0.6 is 0 Å². The Kier molecular flexibility index (Phi) is 2.79. The van der Waals surface area contributed by atoms with E-state index in [0.29, 0.717) is 18.4 Å². The monoisotopic (exact) mass is 296 g/mol. The van der Waals surface area contributed by atoms with E-state index >= 15 is 0 Å². The number of halogens is 1. The highest BCUT2D eigenvalue weighted by Crippen LogP contribution is 2.44. The van der Waals surface area contributed by atoms with E-state index in [1.54, 1.807) is 0 Å². The molecule has 0 aromatic heterocycles. The van der Waals surface area contributed by atoms with Gasteiger partial charge in [-0.1, -0.05) is 10.4 Å².